The third kappa shape index (κ3) is 6.24. The lowest BCUT2D eigenvalue weighted by atomic mass is 9.77. The van der Waals surface area contributed by atoms with Gasteiger partial charge in [-0.25, -0.2) is 9.59 Å². The molecule has 13 heteroatoms. The zero-order valence-corrected chi connectivity index (χ0v) is 26.8. The minimum absolute atomic E-state index is 0.00593. The summed E-state index contributed by atoms with van der Waals surface area (Å²) in [6.07, 6.45) is -0.834. The van der Waals surface area contributed by atoms with E-state index in [-0.39, 0.29) is 31.3 Å². The SMILES string of the molecule is Cc1ccc2cc(OC(=O)OCCOCCNC(=S)Nc3ccc4c(c3)C(=O)OC43c4ccc(O)cc4Oc4cc(O)ccc43)ccc2n1. The van der Waals surface area contributed by atoms with E-state index in [9.17, 15) is 19.8 Å². The second-order valence-corrected chi connectivity index (χ2v) is 11.7. The van der Waals surface area contributed by atoms with E-state index in [0.717, 1.165) is 16.6 Å². The first-order valence-electron chi connectivity index (χ1n) is 15.3. The number of fused-ring (bicyclic) bond motifs is 7. The Morgan fingerprint density at radius 1 is 0.878 bits per heavy atom. The maximum absolute atomic E-state index is 13.3. The molecule has 0 amide bonds. The molecule has 2 aliphatic rings. The molecule has 5 aromatic rings. The van der Waals surface area contributed by atoms with E-state index < -0.39 is 17.7 Å². The molecule has 49 heavy (non-hydrogen) atoms. The van der Waals surface area contributed by atoms with Crippen LogP contribution in [0.1, 0.15) is 32.7 Å². The van der Waals surface area contributed by atoms with Crippen LogP contribution in [-0.4, -0.2) is 58.8 Å². The van der Waals surface area contributed by atoms with E-state index in [1.165, 1.54) is 24.3 Å². The number of carbonyl (C=O) groups is 2. The number of pyridine rings is 1. The molecule has 248 valence electrons. The summed E-state index contributed by atoms with van der Waals surface area (Å²) in [5.41, 5.74) is 2.89. The van der Waals surface area contributed by atoms with Crippen molar-refractivity contribution in [1.82, 2.24) is 10.3 Å². The first-order valence-corrected chi connectivity index (χ1v) is 15.7. The van der Waals surface area contributed by atoms with Gasteiger partial charge in [-0.05, 0) is 79.8 Å². The van der Waals surface area contributed by atoms with Crippen molar-refractivity contribution >= 4 is 46.0 Å². The fraction of sp³-hybridized carbons (Fsp3) is 0.167. The molecule has 1 aromatic heterocycles. The van der Waals surface area contributed by atoms with Gasteiger partial charge in [-0.15, -0.1) is 0 Å². The molecule has 7 rings (SSSR count). The number of thiocarbonyl (C=S) groups is 1. The molecule has 0 saturated carbocycles. The number of aromatic hydroxyl groups is 2. The van der Waals surface area contributed by atoms with Crippen LogP contribution in [0.4, 0.5) is 10.5 Å². The van der Waals surface area contributed by atoms with Crippen LogP contribution < -0.4 is 20.1 Å². The van der Waals surface area contributed by atoms with E-state index in [0.29, 0.717) is 56.8 Å². The molecule has 0 fully saturated rings. The lowest BCUT2D eigenvalue weighted by molar-refractivity contribution is 0.0224. The molecule has 0 atom stereocenters. The van der Waals surface area contributed by atoms with Gasteiger partial charge in [0.2, 0.25) is 0 Å². The quantitative estimate of drug-likeness (QED) is 0.0652. The highest BCUT2D eigenvalue weighted by molar-refractivity contribution is 7.80. The van der Waals surface area contributed by atoms with Crippen LogP contribution in [0.3, 0.4) is 0 Å². The van der Waals surface area contributed by atoms with Crippen molar-refractivity contribution in [2.24, 2.45) is 0 Å². The van der Waals surface area contributed by atoms with Gasteiger partial charge < -0.3 is 44.5 Å². The van der Waals surface area contributed by atoms with Gasteiger partial charge in [0.05, 0.1) is 24.3 Å². The number of ether oxygens (including phenoxy) is 5. The number of benzene rings is 4. The maximum Gasteiger partial charge on any atom is 0.513 e. The number of rotatable bonds is 8. The zero-order chi connectivity index (χ0) is 34.1. The Labute approximate surface area is 285 Å². The van der Waals surface area contributed by atoms with Gasteiger partial charge in [-0.3, -0.25) is 4.98 Å². The monoisotopic (exact) mass is 679 g/mol. The molecule has 1 spiro atoms. The molecule has 4 N–H and O–H groups in total. The highest BCUT2D eigenvalue weighted by Crippen LogP contribution is 2.57. The van der Waals surface area contributed by atoms with E-state index in [2.05, 4.69) is 15.6 Å². The number of hydrogen-bond donors (Lipinski definition) is 4. The Morgan fingerprint density at radius 3 is 2.37 bits per heavy atom. The zero-order valence-electron chi connectivity index (χ0n) is 26.0. The Bertz CT molecular complexity index is 2090. The van der Waals surface area contributed by atoms with Crippen molar-refractivity contribution < 1.29 is 43.5 Å². The van der Waals surface area contributed by atoms with Gasteiger partial charge >= 0.3 is 12.1 Å². The summed E-state index contributed by atoms with van der Waals surface area (Å²) in [5, 5.41) is 27.5. The van der Waals surface area contributed by atoms with Crippen LogP contribution in [0.2, 0.25) is 0 Å². The molecule has 0 radical (unpaired) electrons. The van der Waals surface area contributed by atoms with Crippen molar-refractivity contribution in [3.63, 3.8) is 0 Å². The van der Waals surface area contributed by atoms with Gasteiger partial charge in [0.15, 0.2) is 10.7 Å². The molecule has 2 aliphatic heterocycles. The summed E-state index contributed by atoms with van der Waals surface area (Å²) in [6.45, 7) is 2.71. The fourth-order valence-electron chi connectivity index (χ4n) is 5.88. The number of nitrogens with zero attached hydrogens (tertiary/aromatic N) is 1. The maximum atomic E-state index is 13.3. The normalized spacial score (nSPS) is 13.4. The van der Waals surface area contributed by atoms with E-state index in [1.807, 2.05) is 19.1 Å². The predicted octanol–water partition coefficient (Wildman–Crippen LogP) is 6.04. The lowest BCUT2D eigenvalue weighted by Gasteiger charge is -2.36. The number of anilines is 1. The summed E-state index contributed by atoms with van der Waals surface area (Å²) in [5.74, 6) is 0.361. The average Bonchev–Trinajstić information content (AvgIpc) is 3.35. The largest absolute Gasteiger partial charge is 0.513 e. The van der Waals surface area contributed by atoms with Crippen LogP contribution in [0.15, 0.2) is 84.9 Å². The summed E-state index contributed by atoms with van der Waals surface area (Å²) >= 11 is 5.43. The molecule has 12 nitrogen and oxygen atoms in total. The molecule has 0 unspecified atom stereocenters. The predicted molar refractivity (Wildman–Crippen MR) is 182 cm³/mol. The topological polar surface area (TPSA) is 158 Å². The van der Waals surface area contributed by atoms with Crippen molar-refractivity contribution in [3.8, 4) is 28.7 Å². The smallest absolute Gasteiger partial charge is 0.508 e. The molecule has 0 aliphatic carbocycles. The average molecular weight is 680 g/mol. The fourth-order valence-corrected chi connectivity index (χ4v) is 6.10. The Morgan fingerprint density at radius 2 is 1.61 bits per heavy atom. The second-order valence-electron chi connectivity index (χ2n) is 11.3. The van der Waals surface area contributed by atoms with E-state index in [4.69, 9.17) is 35.9 Å². The van der Waals surface area contributed by atoms with Gasteiger partial charge in [0.1, 0.15) is 35.4 Å². The molecule has 4 aromatic carbocycles. The van der Waals surface area contributed by atoms with Crippen LogP contribution in [0.25, 0.3) is 10.9 Å². The number of nitrogens with one attached hydrogen (secondary N) is 2. The summed E-state index contributed by atoms with van der Waals surface area (Å²) in [7, 11) is 0. The highest BCUT2D eigenvalue weighted by Gasteiger charge is 2.53. The van der Waals surface area contributed by atoms with E-state index in [1.54, 1.807) is 48.5 Å². The number of hydrogen-bond acceptors (Lipinski definition) is 11. The standard InChI is InChI=1S/C36H29N3O9S/c1-20-2-3-21-16-25(7-11-30(21)38-20)46-35(43)45-15-14-44-13-12-37-34(49)39-22-4-8-27-26(17-22)33(42)48-36(27)28-9-5-23(40)18-31(28)47-32-19-24(41)6-10-29(32)36/h2-11,16-19,40-41H,12-15H2,1H3,(H2,37,39,49). The number of aryl methyl sites for hydroxylation is 1. The molecular weight excluding hydrogens is 650 g/mol. The minimum Gasteiger partial charge on any atom is -0.508 e. The molecule has 0 bridgehead atoms. The van der Waals surface area contributed by atoms with Crippen LogP contribution in [0, 0.1) is 6.92 Å². The summed E-state index contributed by atoms with van der Waals surface area (Å²) in [6, 6.07) is 23.3. The van der Waals surface area contributed by atoms with Gasteiger partial charge in [0.25, 0.3) is 0 Å². The third-order valence-electron chi connectivity index (χ3n) is 8.01. The van der Waals surface area contributed by atoms with E-state index >= 15 is 0 Å². The van der Waals surface area contributed by atoms with Crippen molar-refractivity contribution in [3.05, 3.63) is 113 Å². The Hall–Kier alpha value is -5.92. The van der Waals surface area contributed by atoms with Crippen molar-refractivity contribution in [2.45, 2.75) is 12.5 Å². The van der Waals surface area contributed by atoms with Crippen LogP contribution in [0.5, 0.6) is 28.7 Å². The number of phenols is 2. The minimum atomic E-state index is -1.35. The number of aromatic nitrogens is 1. The van der Waals surface area contributed by atoms with Crippen LogP contribution in [-0.2, 0) is 19.8 Å². The molecular formula is C36H29N3O9S. The number of carbonyl (C=O) groups excluding carboxylic acids is 2. The van der Waals surface area contributed by atoms with Gasteiger partial charge in [0, 0.05) is 52.1 Å². The third-order valence-corrected chi connectivity index (χ3v) is 8.26. The highest BCUT2D eigenvalue weighted by atomic mass is 32.1. The van der Waals surface area contributed by atoms with Gasteiger partial charge in [-0.1, -0.05) is 12.1 Å². The summed E-state index contributed by atoms with van der Waals surface area (Å²) in [4.78, 5) is 29.8. The first-order chi connectivity index (χ1) is 23.7. The first kappa shape index (κ1) is 31.7. The van der Waals surface area contributed by atoms with Crippen LogP contribution >= 0.6 is 12.2 Å². The Balaban J connectivity index is 0.908. The Kier molecular flexibility index (Phi) is 8.36. The van der Waals surface area contributed by atoms with Crippen molar-refractivity contribution in [2.75, 3.05) is 31.7 Å². The lowest BCUT2D eigenvalue weighted by Crippen LogP contribution is -2.33. The molecule has 3 heterocycles. The summed E-state index contributed by atoms with van der Waals surface area (Å²) < 4.78 is 27.9. The second kappa shape index (κ2) is 12.9. The van der Waals surface area contributed by atoms with Crippen molar-refractivity contribution in [1.29, 1.82) is 0 Å². The molecule has 0 saturated heterocycles. The number of esters is 1. The van der Waals surface area contributed by atoms with Gasteiger partial charge in [-0.2, -0.15) is 0 Å². The number of phenolic OH excluding ortho intramolecular Hbond substituents is 2.